The van der Waals surface area contributed by atoms with Gasteiger partial charge in [0.05, 0.1) is 28.0 Å². The van der Waals surface area contributed by atoms with Gasteiger partial charge >= 0.3 is 0 Å². The van der Waals surface area contributed by atoms with Crippen LogP contribution in [0.1, 0.15) is 32.1 Å². The van der Waals surface area contributed by atoms with Gasteiger partial charge in [-0.15, -0.1) is 29.0 Å². The van der Waals surface area contributed by atoms with Crippen LogP contribution in [-0.2, 0) is 9.59 Å². The molecular formula is C21H27N3O4S2. The molecule has 3 aliphatic rings. The molecule has 1 aromatic carbocycles. The number of hydrogen-bond donors (Lipinski definition) is 3. The number of amides is 2. The fourth-order valence-electron chi connectivity index (χ4n) is 4.20. The largest absolute Gasteiger partial charge is 0.350 e. The molecule has 3 fully saturated rings. The first-order chi connectivity index (χ1) is 14.4. The Labute approximate surface area is 183 Å². The normalized spacial score (nSPS) is 29.5. The van der Waals surface area contributed by atoms with Gasteiger partial charge in [0.25, 0.3) is 0 Å². The fourth-order valence-corrected chi connectivity index (χ4v) is 7.11. The summed E-state index contributed by atoms with van der Waals surface area (Å²) < 4.78 is 22.3. The van der Waals surface area contributed by atoms with E-state index < -0.39 is 10.8 Å². The highest BCUT2D eigenvalue weighted by atomic mass is 32.3. The standard InChI is InChI=1S/C21H27N3O4S2/c1-2-18-9-10-19(29-18)21(26)22-15-13-20(25)23(14-15)16-5-7-17(8-6-16)24-11-3-4-12-30(24,27)28/h1,5-8,15,18-19,27-28H,3-4,9-14H2,(H,22,26)/t15-,18?,19?/m1/s1. The van der Waals surface area contributed by atoms with Crippen molar-refractivity contribution in [1.82, 2.24) is 5.32 Å². The van der Waals surface area contributed by atoms with Gasteiger partial charge in [-0.3, -0.25) is 23.0 Å². The van der Waals surface area contributed by atoms with E-state index in [-0.39, 0.29) is 34.8 Å². The van der Waals surface area contributed by atoms with Crippen LogP contribution in [-0.4, -0.2) is 56.3 Å². The Hall–Kier alpha value is -1.86. The minimum Gasteiger partial charge on any atom is -0.350 e. The topological polar surface area (TPSA) is 93.1 Å². The molecular weight excluding hydrogens is 422 g/mol. The second kappa shape index (κ2) is 8.71. The van der Waals surface area contributed by atoms with Crippen molar-refractivity contribution in [2.45, 2.75) is 48.6 Å². The Morgan fingerprint density at radius 2 is 1.93 bits per heavy atom. The molecule has 2 unspecified atom stereocenters. The molecule has 30 heavy (non-hydrogen) atoms. The van der Waals surface area contributed by atoms with E-state index in [9.17, 15) is 18.7 Å². The highest BCUT2D eigenvalue weighted by Crippen LogP contribution is 2.49. The minimum atomic E-state index is -2.76. The van der Waals surface area contributed by atoms with Crippen molar-refractivity contribution >= 4 is 45.7 Å². The maximum atomic E-state index is 12.5. The molecule has 0 bridgehead atoms. The number of nitrogens with one attached hydrogen (secondary N) is 1. The third-order valence-electron chi connectivity index (χ3n) is 5.80. The second-order valence-corrected chi connectivity index (χ2v) is 11.5. The van der Waals surface area contributed by atoms with E-state index in [1.165, 1.54) is 11.8 Å². The summed E-state index contributed by atoms with van der Waals surface area (Å²) in [6.07, 6.45) is 9.08. The van der Waals surface area contributed by atoms with Crippen LogP contribution in [0, 0.1) is 12.3 Å². The van der Waals surface area contributed by atoms with Crippen LogP contribution in [0.5, 0.6) is 0 Å². The van der Waals surface area contributed by atoms with Crippen molar-refractivity contribution in [1.29, 1.82) is 0 Å². The number of anilines is 2. The molecule has 3 N–H and O–H groups in total. The van der Waals surface area contributed by atoms with Gasteiger partial charge < -0.3 is 10.2 Å². The molecule has 1 aromatic rings. The molecule has 0 aliphatic carbocycles. The van der Waals surface area contributed by atoms with Gasteiger partial charge in [-0.2, -0.15) is 0 Å². The molecule has 0 spiro atoms. The van der Waals surface area contributed by atoms with E-state index in [1.54, 1.807) is 9.21 Å². The number of thioether (sulfide) groups is 1. The van der Waals surface area contributed by atoms with Gasteiger partial charge in [0.15, 0.2) is 0 Å². The number of carbonyl (C=O) groups is 2. The summed E-state index contributed by atoms with van der Waals surface area (Å²) in [5, 5.41) is 2.96. The van der Waals surface area contributed by atoms with Crippen LogP contribution in [0.4, 0.5) is 11.4 Å². The van der Waals surface area contributed by atoms with Crippen molar-refractivity contribution in [2.24, 2.45) is 0 Å². The summed E-state index contributed by atoms with van der Waals surface area (Å²) in [5.74, 6) is 3.02. The Kier molecular flexibility index (Phi) is 6.21. The van der Waals surface area contributed by atoms with Crippen LogP contribution in [0.25, 0.3) is 0 Å². The van der Waals surface area contributed by atoms with E-state index in [0.717, 1.165) is 37.1 Å². The Morgan fingerprint density at radius 1 is 1.20 bits per heavy atom. The number of nitrogens with zero attached hydrogens (tertiary/aromatic N) is 2. The molecule has 162 valence electrons. The molecule has 4 rings (SSSR count). The highest BCUT2D eigenvalue weighted by molar-refractivity contribution is 8.25. The number of terminal acetylenes is 1. The third-order valence-corrected chi connectivity index (χ3v) is 9.22. The molecule has 7 nitrogen and oxygen atoms in total. The van der Waals surface area contributed by atoms with Gasteiger partial charge in [-0.05, 0) is 49.9 Å². The molecule has 3 aliphatic heterocycles. The summed E-state index contributed by atoms with van der Waals surface area (Å²) >= 11 is 1.52. The summed E-state index contributed by atoms with van der Waals surface area (Å²) in [6, 6.07) is 7.08. The van der Waals surface area contributed by atoms with Gasteiger partial charge in [0, 0.05) is 25.2 Å². The van der Waals surface area contributed by atoms with Crippen molar-refractivity contribution < 1.29 is 18.7 Å². The van der Waals surface area contributed by atoms with Crippen molar-refractivity contribution in [3.8, 4) is 12.3 Å². The van der Waals surface area contributed by atoms with Crippen molar-refractivity contribution in [3.05, 3.63) is 24.3 Å². The molecule has 3 atom stereocenters. The Bertz CT molecular complexity index is 855. The molecule has 3 saturated heterocycles. The fraction of sp³-hybridized carbons (Fsp3) is 0.524. The Morgan fingerprint density at radius 3 is 2.60 bits per heavy atom. The average Bonchev–Trinajstić information content (AvgIpc) is 3.34. The van der Waals surface area contributed by atoms with Crippen LogP contribution >= 0.6 is 22.5 Å². The van der Waals surface area contributed by atoms with Gasteiger partial charge in [-0.25, -0.2) is 0 Å². The first kappa shape index (κ1) is 21.4. The molecule has 0 radical (unpaired) electrons. The lowest BCUT2D eigenvalue weighted by atomic mass is 10.2. The average molecular weight is 450 g/mol. The second-order valence-electron chi connectivity index (χ2n) is 7.93. The van der Waals surface area contributed by atoms with E-state index in [0.29, 0.717) is 18.8 Å². The summed E-state index contributed by atoms with van der Waals surface area (Å²) in [5.41, 5.74) is 1.49. The zero-order chi connectivity index (χ0) is 21.3. The third kappa shape index (κ3) is 4.42. The molecule has 9 heteroatoms. The highest BCUT2D eigenvalue weighted by Gasteiger charge is 2.35. The zero-order valence-corrected chi connectivity index (χ0v) is 18.3. The maximum absolute atomic E-state index is 12.5. The number of rotatable bonds is 4. The zero-order valence-electron chi connectivity index (χ0n) is 16.7. The molecule has 2 amide bonds. The van der Waals surface area contributed by atoms with E-state index >= 15 is 0 Å². The summed E-state index contributed by atoms with van der Waals surface area (Å²) in [6.45, 7) is 1.04. The number of benzene rings is 1. The quantitative estimate of drug-likeness (QED) is 0.612. The molecule has 0 aromatic heterocycles. The van der Waals surface area contributed by atoms with E-state index in [1.807, 2.05) is 24.3 Å². The smallest absolute Gasteiger partial charge is 0.233 e. The van der Waals surface area contributed by atoms with Crippen LogP contribution in [0.15, 0.2) is 24.3 Å². The van der Waals surface area contributed by atoms with E-state index in [4.69, 9.17) is 6.42 Å². The lowest BCUT2D eigenvalue weighted by molar-refractivity contribution is -0.121. The first-order valence-corrected chi connectivity index (χ1v) is 12.8. The summed E-state index contributed by atoms with van der Waals surface area (Å²) in [7, 11) is -2.76. The van der Waals surface area contributed by atoms with E-state index in [2.05, 4.69) is 11.2 Å². The van der Waals surface area contributed by atoms with Crippen LogP contribution in [0.3, 0.4) is 0 Å². The summed E-state index contributed by atoms with van der Waals surface area (Å²) in [4.78, 5) is 26.7. The van der Waals surface area contributed by atoms with Crippen molar-refractivity contribution in [3.63, 3.8) is 0 Å². The monoisotopic (exact) mass is 449 g/mol. The van der Waals surface area contributed by atoms with Gasteiger partial charge in [0.1, 0.15) is 0 Å². The molecule has 0 saturated carbocycles. The predicted octanol–water partition coefficient (Wildman–Crippen LogP) is 3.07. The first-order valence-electron chi connectivity index (χ1n) is 10.2. The van der Waals surface area contributed by atoms with Crippen molar-refractivity contribution in [2.75, 3.05) is 28.0 Å². The van der Waals surface area contributed by atoms with Gasteiger partial charge in [0.2, 0.25) is 11.8 Å². The maximum Gasteiger partial charge on any atom is 0.233 e. The number of carbonyl (C=O) groups excluding carboxylic acids is 2. The van der Waals surface area contributed by atoms with Crippen LogP contribution < -0.4 is 14.5 Å². The van der Waals surface area contributed by atoms with Crippen LogP contribution in [0.2, 0.25) is 0 Å². The lowest BCUT2D eigenvalue weighted by Crippen LogP contribution is -2.41. The SMILES string of the molecule is C#CC1CCC(C(=O)N[C@@H]2CC(=O)N(c3ccc(N4CCCCS4(O)O)cc3)C2)S1. The molecule has 3 heterocycles. The minimum absolute atomic E-state index is 0.0316. The van der Waals surface area contributed by atoms with Gasteiger partial charge in [-0.1, -0.05) is 5.92 Å². The number of hydrogen-bond acceptors (Lipinski definition) is 6. The predicted molar refractivity (Wildman–Crippen MR) is 123 cm³/mol. The Balaban J connectivity index is 1.37. The lowest BCUT2D eigenvalue weighted by Gasteiger charge is -2.47.